The Hall–Kier alpha value is -4.19. The molecule has 2 aromatic heterocycles. The summed E-state index contributed by atoms with van der Waals surface area (Å²) in [6.45, 7) is 1.96. The fraction of sp³-hybridized carbons (Fsp3) is 0.375. The molecule has 0 saturated carbocycles. The molecule has 4 heterocycles. The molecule has 0 radical (unpaired) electrons. The number of nitrogens with two attached hydrogens (primary N) is 2. The standard InChI is InChI=1S/C24H28N10O2/c25-18-12-33(6-5-19(18)30-26)22(35)9-21-31-32-24(36-21)34-11-16-10-27-23(29-20(16)13-34)28-17-7-14-3-1-2-4-15(14)8-17/h1-4,10,17,30H,5-9,11-13,25-26H2,(H,27,28,29). The molecule has 0 atom stereocenters. The van der Waals surface area contributed by atoms with Crippen LogP contribution in [0.25, 0.3) is 0 Å². The van der Waals surface area contributed by atoms with E-state index in [1.165, 1.54) is 11.1 Å². The zero-order valence-electron chi connectivity index (χ0n) is 19.8. The molecule has 0 spiro atoms. The van der Waals surface area contributed by atoms with Gasteiger partial charge in [0.1, 0.15) is 6.42 Å². The molecule has 0 saturated heterocycles. The smallest absolute Gasteiger partial charge is 0.318 e. The summed E-state index contributed by atoms with van der Waals surface area (Å²) in [6, 6.07) is 9.17. The molecule has 6 N–H and O–H groups in total. The van der Waals surface area contributed by atoms with E-state index in [-0.39, 0.29) is 24.3 Å². The van der Waals surface area contributed by atoms with Gasteiger partial charge in [-0.15, -0.1) is 5.10 Å². The molecule has 6 rings (SSSR count). The number of nitrogens with zero attached hydrogens (tertiary/aromatic N) is 6. The highest BCUT2D eigenvalue weighted by atomic mass is 16.4. The predicted molar refractivity (Wildman–Crippen MR) is 131 cm³/mol. The van der Waals surface area contributed by atoms with Gasteiger partial charge >= 0.3 is 6.01 Å². The van der Waals surface area contributed by atoms with Crippen LogP contribution in [0.4, 0.5) is 12.0 Å². The van der Waals surface area contributed by atoms with Crippen LogP contribution in [-0.2, 0) is 37.1 Å². The van der Waals surface area contributed by atoms with Gasteiger partial charge in [-0.25, -0.2) is 9.97 Å². The van der Waals surface area contributed by atoms with Crippen LogP contribution in [0.5, 0.6) is 0 Å². The number of nitrogens with one attached hydrogen (secondary N) is 2. The van der Waals surface area contributed by atoms with Gasteiger partial charge in [-0.3, -0.25) is 10.6 Å². The van der Waals surface area contributed by atoms with E-state index in [4.69, 9.17) is 21.0 Å². The summed E-state index contributed by atoms with van der Waals surface area (Å²) in [5.74, 6) is 6.23. The monoisotopic (exact) mass is 488 g/mol. The number of hydrogen-bond acceptors (Lipinski definition) is 11. The van der Waals surface area contributed by atoms with Crippen molar-refractivity contribution in [1.29, 1.82) is 0 Å². The quantitative estimate of drug-likeness (QED) is 0.280. The third-order valence-corrected chi connectivity index (χ3v) is 6.98. The highest BCUT2D eigenvalue weighted by Gasteiger charge is 2.28. The molecule has 1 aliphatic carbocycles. The molecule has 3 aromatic rings. The van der Waals surface area contributed by atoms with Crippen molar-refractivity contribution in [2.24, 2.45) is 11.6 Å². The summed E-state index contributed by atoms with van der Waals surface area (Å²) in [4.78, 5) is 25.6. The van der Waals surface area contributed by atoms with Gasteiger partial charge in [0.15, 0.2) is 0 Å². The van der Waals surface area contributed by atoms with Crippen molar-refractivity contribution < 1.29 is 9.21 Å². The van der Waals surface area contributed by atoms with Crippen molar-refractivity contribution in [1.82, 2.24) is 30.5 Å². The molecule has 12 nitrogen and oxygen atoms in total. The van der Waals surface area contributed by atoms with E-state index in [2.05, 4.69) is 50.2 Å². The largest absolute Gasteiger partial charge is 0.407 e. The maximum atomic E-state index is 12.7. The van der Waals surface area contributed by atoms with Crippen LogP contribution >= 0.6 is 0 Å². The average Bonchev–Trinajstić information content (AvgIpc) is 3.61. The van der Waals surface area contributed by atoms with Crippen molar-refractivity contribution in [3.05, 3.63) is 70.1 Å². The average molecular weight is 489 g/mol. The van der Waals surface area contributed by atoms with Crippen LogP contribution < -0.4 is 27.2 Å². The SMILES string of the molecule is NNC1=C(N)CN(C(=O)Cc2nnc(N3Cc4cnc(NC5Cc6ccccc6C5)nc4C3)o2)CC1. The van der Waals surface area contributed by atoms with Gasteiger partial charge in [0.25, 0.3) is 0 Å². The molecule has 12 heteroatoms. The number of benzene rings is 1. The summed E-state index contributed by atoms with van der Waals surface area (Å²) in [7, 11) is 0. The molecule has 186 valence electrons. The number of rotatable bonds is 6. The lowest BCUT2D eigenvalue weighted by atomic mass is 10.1. The van der Waals surface area contributed by atoms with Gasteiger partial charge < -0.3 is 30.7 Å². The number of carbonyl (C=O) groups is 1. The Morgan fingerprint density at radius 1 is 1.11 bits per heavy atom. The minimum absolute atomic E-state index is 0.0180. The summed E-state index contributed by atoms with van der Waals surface area (Å²) in [5.41, 5.74) is 14.6. The van der Waals surface area contributed by atoms with Crippen LogP contribution in [0.3, 0.4) is 0 Å². The highest BCUT2D eigenvalue weighted by Crippen LogP contribution is 2.28. The number of amides is 1. The number of anilines is 2. The Bertz CT molecular complexity index is 1310. The molecule has 3 aliphatic rings. The number of aromatic nitrogens is 4. The molecule has 1 amide bonds. The minimum Gasteiger partial charge on any atom is -0.407 e. The lowest BCUT2D eigenvalue weighted by molar-refractivity contribution is -0.130. The second kappa shape index (κ2) is 9.11. The normalized spacial score (nSPS) is 17.4. The fourth-order valence-electron chi connectivity index (χ4n) is 5.05. The Labute approximate surface area is 207 Å². The molecule has 36 heavy (non-hydrogen) atoms. The number of hydrogen-bond donors (Lipinski definition) is 4. The van der Waals surface area contributed by atoms with E-state index < -0.39 is 0 Å². The Morgan fingerprint density at radius 3 is 2.67 bits per heavy atom. The van der Waals surface area contributed by atoms with Gasteiger partial charge in [-0.1, -0.05) is 29.4 Å². The zero-order valence-corrected chi connectivity index (χ0v) is 19.8. The van der Waals surface area contributed by atoms with Gasteiger partial charge in [0.05, 0.1) is 25.3 Å². The maximum Gasteiger partial charge on any atom is 0.318 e. The van der Waals surface area contributed by atoms with E-state index in [0.29, 0.717) is 50.3 Å². The Balaban J connectivity index is 1.06. The first kappa shape index (κ1) is 22.3. The van der Waals surface area contributed by atoms with E-state index in [0.717, 1.165) is 29.8 Å². The first-order valence-corrected chi connectivity index (χ1v) is 12.0. The molecule has 2 aliphatic heterocycles. The lowest BCUT2D eigenvalue weighted by Crippen LogP contribution is -2.42. The van der Waals surface area contributed by atoms with Crippen LogP contribution in [0.15, 0.2) is 46.3 Å². The first-order valence-electron chi connectivity index (χ1n) is 12.0. The molecule has 0 bridgehead atoms. The topological polar surface area (TPSA) is 164 Å². The number of fused-ring (bicyclic) bond motifs is 2. The highest BCUT2D eigenvalue weighted by molar-refractivity contribution is 5.78. The minimum atomic E-state index is -0.121. The molecular weight excluding hydrogens is 460 g/mol. The van der Waals surface area contributed by atoms with Crippen molar-refractivity contribution >= 4 is 17.9 Å². The van der Waals surface area contributed by atoms with Crippen LogP contribution in [0.1, 0.15) is 34.7 Å². The van der Waals surface area contributed by atoms with Gasteiger partial charge in [0.2, 0.25) is 17.7 Å². The van der Waals surface area contributed by atoms with E-state index >= 15 is 0 Å². The van der Waals surface area contributed by atoms with E-state index in [1.54, 1.807) is 4.90 Å². The van der Waals surface area contributed by atoms with Crippen LogP contribution in [0, 0.1) is 0 Å². The summed E-state index contributed by atoms with van der Waals surface area (Å²) < 4.78 is 5.82. The molecule has 1 aromatic carbocycles. The van der Waals surface area contributed by atoms with Crippen molar-refractivity contribution in [2.75, 3.05) is 23.3 Å². The number of hydrazine groups is 1. The van der Waals surface area contributed by atoms with Crippen LogP contribution in [-0.4, -0.2) is 50.1 Å². The summed E-state index contributed by atoms with van der Waals surface area (Å²) >= 11 is 0. The third-order valence-electron chi connectivity index (χ3n) is 6.98. The van der Waals surface area contributed by atoms with Crippen molar-refractivity contribution in [2.45, 2.75) is 44.8 Å². The number of carbonyl (C=O) groups excluding carboxylic acids is 1. The van der Waals surface area contributed by atoms with Gasteiger partial charge in [0, 0.05) is 42.2 Å². The van der Waals surface area contributed by atoms with E-state index in [9.17, 15) is 4.79 Å². The zero-order chi connectivity index (χ0) is 24.6. The Morgan fingerprint density at radius 2 is 1.92 bits per heavy atom. The summed E-state index contributed by atoms with van der Waals surface area (Å²) in [5, 5.41) is 11.7. The van der Waals surface area contributed by atoms with Gasteiger partial charge in [-0.2, -0.15) is 0 Å². The Kier molecular flexibility index (Phi) is 5.64. The third kappa shape index (κ3) is 4.31. The molecular formula is C24H28N10O2. The lowest BCUT2D eigenvalue weighted by Gasteiger charge is -2.28. The predicted octanol–water partition coefficient (Wildman–Crippen LogP) is 0.368. The maximum absolute atomic E-state index is 12.7. The van der Waals surface area contributed by atoms with E-state index in [1.807, 2.05) is 11.1 Å². The fourth-order valence-corrected chi connectivity index (χ4v) is 5.05. The van der Waals surface area contributed by atoms with Crippen molar-refractivity contribution in [3.8, 4) is 0 Å². The summed E-state index contributed by atoms with van der Waals surface area (Å²) in [6.07, 6.45) is 4.40. The van der Waals surface area contributed by atoms with Gasteiger partial charge in [-0.05, 0) is 24.0 Å². The molecule has 0 fully saturated rings. The second-order valence-corrected chi connectivity index (χ2v) is 9.41. The molecule has 0 unspecified atom stereocenters. The second-order valence-electron chi connectivity index (χ2n) is 9.41. The van der Waals surface area contributed by atoms with Crippen LogP contribution in [0.2, 0.25) is 0 Å². The first-order chi connectivity index (χ1) is 17.6. The van der Waals surface area contributed by atoms with Crippen molar-refractivity contribution in [3.63, 3.8) is 0 Å².